The molecule has 2 aliphatic rings. The summed E-state index contributed by atoms with van der Waals surface area (Å²) >= 11 is 1.33. The van der Waals surface area contributed by atoms with Gasteiger partial charge in [0.2, 0.25) is 11.8 Å². The van der Waals surface area contributed by atoms with Crippen LogP contribution in [0.5, 0.6) is 5.75 Å². The first-order chi connectivity index (χ1) is 17.7. The third-order valence-corrected chi connectivity index (χ3v) is 7.71. The van der Waals surface area contributed by atoms with Crippen LogP contribution in [0.15, 0.2) is 42.3 Å². The molecule has 3 heterocycles. The van der Waals surface area contributed by atoms with E-state index in [2.05, 4.69) is 27.5 Å². The number of aromatic nitrogens is 2. The van der Waals surface area contributed by atoms with Crippen molar-refractivity contribution in [2.24, 2.45) is 5.92 Å². The van der Waals surface area contributed by atoms with Crippen LogP contribution in [0, 0.1) is 12.8 Å². The number of fused-ring (bicyclic) bond motifs is 1. The van der Waals surface area contributed by atoms with E-state index in [0.29, 0.717) is 41.7 Å². The highest BCUT2D eigenvalue weighted by Gasteiger charge is 2.58. The molecule has 1 saturated heterocycles. The highest BCUT2D eigenvalue weighted by atomic mass is 32.1. The van der Waals surface area contributed by atoms with Crippen molar-refractivity contribution in [2.75, 3.05) is 11.9 Å². The maximum Gasteiger partial charge on any atom is 0.238 e. The van der Waals surface area contributed by atoms with Crippen molar-refractivity contribution in [1.82, 2.24) is 20.6 Å². The predicted octanol–water partition coefficient (Wildman–Crippen LogP) is 3.38. The van der Waals surface area contributed by atoms with E-state index in [9.17, 15) is 14.4 Å². The van der Waals surface area contributed by atoms with Gasteiger partial charge in [-0.15, -0.1) is 17.9 Å². The lowest BCUT2D eigenvalue weighted by atomic mass is 10.1. The summed E-state index contributed by atoms with van der Waals surface area (Å²) < 4.78 is 6.42. The van der Waals surface area contributed by atoms with Crippen molar-refractivity contribution in [3.63, 3.8) is 0 Å². The van der Waals surface area contributed by atoms with Gasteiger partial charge in [0.05, 0.1) is 17.3 Å². The van der Waals surface area contributed by atoms with Gasteiger partial charge in [0.15, 0.2) is 10.9 Å². The number of nitrogens with one attached hydrogen (secondary N) is 3. The second kappa shape index (κ2) is 9.68. The van der Waals surface area contributed by atoms with E-state index in [-0.39, 0.29) is 29.6 Å². The number of Topliss-reactive ketones (excluding diaryl/α,β-unsaturated/α-hetero) is 1. The summed E-state index contributed by atoms with van der Waals surface area (Å²) in [5, 5.41) is 12.1. The minimum absolute atomic E-state index is 0.0238. The molecule has 0 bridgehead atoms. The zero-order valence-electron chi connectivity index (χ0n) is 21.0. The summed E-state index contributed by atoms with van der Waals surface area (Å²) in [6.45, 7) is 9.21. The molecule has 1 aromatic carbocycles. The maximum atomic E-state index is 13.0. The minimum Gasteiger partial charge on any atom is -0.488 e. The standard InChI is InChI=1S/C27H29N5O4S/c1-5-17-11-27(17,15(3)33)32-25(35)22-9-18(12-28-22)36-24-10-21(23-13-37-26(31-23)29-16(4)34)30-20-8-14(2)6-7-19(20)24/h5-8,10,13,17-18,22,28H,1,9,11-12H2,2-4H3,(H,32,35)(H,29,31,34)/t17-,18+,22-,27-/m0/s1. The van der Waals surface area contributed by atoms with E-state index in [4.69, 9.17) is 9.72 Å². The number of ether oxygens (including phenoxy) is 1. The Labute approximate surface area is 218 Å². The smallest absolute Gasteiger partial charge is 0.238 e. The lowest BCUT2D eigenvalue weighted by molar-refractivity contribution is -0.129. The fourth-order valence-corrected chi connectivity index (χ4v) is 5.57. The summed E-state index contributed by atoms with van der Waals surface area (Å²) in [6.07, 6.45) is 2.54. The van der Waals surface area contributed by atoms with E-state index >= 15 is 0 Å². The number of carbonyl (C=O) groups is 3. The van der Waals surface area contributed by atoms with Gasteiger partial charge in [-0.2, -0.15) is 0 Å². The second-order valence-electron chi connectivity index (χ2n) is 9.74. The van der Waals surface area contributed by atoms with Crippen LogP contribution in [-0.2, 0) is 14.4 Å². The largest absolute Gasteiger partial charge is 0.488 e. The molecule has 4 atom stereocenters. The first kappa shape index (κ1) is 25.0. The van der Waals surface area contributed by atoms with Crippen LogP contribution in [0.3, 0.4) is 0 Å². The normalized spacial score (nSPS) is 24.5. The number of aryl methyl sites for hydroxylation is 1. The first-order valence-electron chi connectivity index (χ1n) is 12.2. The molecule has 1 aliphatic carbocycles. The lowest BCUT2D eigenvalue weighted by Gasteiger charge is -2.19. The molecular weight excluding hydrogens is 490 g/mol. The van der Waals surface area contributed by atoms with E-state index < -0.39 is 11.6 Å². The Morgan fingerprint density at radius 1 is 1.22 bits per heavy atom. The number of rotatable bonds is 8. The quantitative estimate of drug-likeness (QED) is 0.390. The van der Waals surface area contributed by atoms with Crippen molar-refractivity contribution in [3.8, 4) is 17.1 Å². The molecule has 0 unspecified atom stereocenters. The van der Waals surface area contributed by atoms with Gasteiger partial charge in [-0.25, -0.2) is 9.97 Å². The van der Waals surface area contributed by atoms with E-state index in [1.807, 2.05) is 36.6 Å². The van der Waals surface area contributed by atoms with Crippen molar-refractivity contribution < 1.29 is 19.1 Å². The minimum atomic E-state index is -0.822. The number of hydrogen-bond acceptors (Lipinski definition) is 8. The topological polar surface area (TPSA) is 122 Å². The number of thiazole rings is 1. The van der Waals surface area contributed by atoms with Gasteiger partial charge in [0, 0.05) is 42.6 Å². The number of amides is 2. The molecule has 37 heavy (non-hydrogen) atoms. The second-order valence-corrected chi connectivity index (χ2v) is 10.6. The molecule has 10 heteroatoms. The van der Waals surface area contributed by atoms with Gasteiger partial charge in [0.1, 0.15) is 23.1 Å². The zero-order chi connectivity index (χ0) is 26.3. The summed E-state index contributed by atoms with van der Waals surface area (Å²) in [6, 6.07) is 7.36. The zero-order valence-corrected chi connectivity index (χ0v) is 21.8. The fourth-order valence-electron chi connectivity index (χ4n) is 4.82. The van der Waals surface area contributed by atoms with Crippen LogP contribution >= 0.6 is 11.3 Å². The molecule has 0 spiro atoms. The first-order valence-corrected chi connectivity index (χ1v) is 13.1. The Morgan fingerprint density at radius 3 is 2.73 bits per heavy atom. The van der Waals surface area contributed by atoms with Gasteiger partial charge in [0.25, 0.3) is 0 Å². The number of pyridine rings is 1. The van der Waals surface area contributed by atoms with Gasteiger partial charge in [-0.3, -0.25) is 14.4 Å². The molecule has 3 aromatic rings. The van der Waals surface area contributed by atoms with Crippen molar-refractivity contribution in [2.45, 2.75) is 51.3 Å². The molecule has 2 aromatic heterocycles. The van der Waals surface area contributed by atoms with Crippen LogP contribution in [0.2, 0.25) is 0 Å². The summed E-state index contributed by atoms with van der Waals surface area (Å²) in [5.74, 6) is 0.191. The van der Waals surface area contributed by atoms with Gasteiger partial charge < -0.3 is 20.7 Å². The Kier molecular flexibility index (Phi) is 6.55. The van der Waals surface area contributed by atoms with Crippen LogP contribution in [0.25, 0.3) is 22.3 Å². The molecule has 2 amide bonds. The maximum absolute atomic E-state index is 13.0. The van der Waals surface area contributed by atoms with Crippen LogP contribution in [-0.4, -0.2) is 51.8 Å². The molecule has 2 fully saturated rings. The van der Waals surface area contributed by atoms with Gasteiger partial charge in [-0.05, 0) is 38.0 Å². The lowest BCUT2D eigenvalue weighted by Crippen LogP contribution is -2.50. The number of anilines is 1. The molecule has 1 aliphatic heterocycles. The molecule has 9 nitrogen and oxygen atoms in total. The SMILES string of the molecule is C=C[C@H]1C[C@]1(NC(=O)[C@@H]1C[C@@H](Oc2cc(-c3csc(NC(C)=O)n3)nc3cc(C)ccc23)CN1)C(C)=O. The summed E-state index contributed by atoms with van der Waals surface area (Å²) in [5.41, 5.74) is 2.29. The van der Waals surface area contributed by atoms with Crippen molar-refractivity contribution in [1.29, 1.82) is 0 Å². The summed E-state index contributed by atoms with van der Waals surface area (Å²) in [4.78, 5) is 45.8. The average Bonchev–Trinajstić information content (AvgIpc) is 3.15. The van der Waals surface area contributed by atoms with E-state index in [1.54, 1.807) is 6.08 Å². The third kappa shape index (κ3) is 4.99. The van der Waals surface area contributed by atoms with Crippen LogP contribution in [0.4, 0.5) is 5.13 Å². The average molecular weight is 520 g/mol. The number of hydrogen-bond donors (Lipinski definition) is 3. The molecule has 5 rings (SSSR count). The van der Waals surface area contributed by atoms with E-state index in [1.165, 1.54) is 25.2 Å². The Balaban J connectivity index is 1.35. The molecule has 1 saturated carbocycles. The highest BCUT2D eigenvalue weighted by molar-refractivity contribution is 7.14. The van der Waals surface area contributed by atoms with Gasteiger partial charge in [-0.1, -0.05) is 12.1 Å². The number of carbonyl (C=O) groups excluding carboxylic acids is 3. The number of nitrogens with zero attached hydrogens (tertiary/aromatic N) is 2. The fraction of sp³-hybridized carbons (Fsp3) is 0.370. The molecular formula is C27H29N5O4S. The Bertz CT molecular complexity index is 1420. The highest BCUT2D eigenvalue weighted by Crippen LogP contribution is 2.45. The molecule has 0 radical (unpaired) electrons. The van der Waals surface area contributed by atoms with Crippen molar-refractivity contribution >= 4 is 45.0 Å². The Morgan fingerprint density at radius 2 is 2.03 bits per heavy atom. The summed E-state index contributed by atoms with van der Waals surface area (Å²) in [7, 11) is 0. The number of benzene rings is 1. The van der Waals surface area contributed by atoms with Crippen LogP contribution in [0.1, 0.15) is 32.3 Å². The predicted molar refractivity (Wildman–Crippen MR) is 143 cm³/mol. The Hall–Kier alpha value is -3.63. The monoisotopic (exact) mass is 519 g/mol. The van der Waals surface area contributed by atoms with Crippen LogP contribution < -0.4 is 20.7 Å². The molecule has 3 N–H and O–H groups in total. The number of ketones is 1. The van der Waals surface area contributed by atoms with Crippen molar-refractivity contribution in [3.05, 3.63) is 47.9 Å². The van der Waals surface area contributed by atoms with E-state index in [0.717, 1.165) is 16.5 Å². The molecule has 192 valence electrons. The van der Waals surface area contributed by atoms with Gasteiger partial charge >= 0.3 is 0 Å². The third-order valence-electron chi connectivity index (χ3n) is 6.95.